The Hall–Kier alpha value is -1.98. The first-order chi connectivity index (χ1) is 12.0. The van der Waals surface area contributed by atoms with Gasteiger partial charge < -0.3 is 10.2 Å². The van der Waals surface area contributed by atoms with Crippen molar-refractivity contribution in [1.82, 2.24) is 4.90 Å². The van der Waals surface area contributed by atoms with E-state index in [1.807, 2.05) is 43.3 Å². The molecule has 0 spiro atoms. The van der Waals surface area contributed by atoms with Crippen LogP contribution in [0.3, 0.4) is 0 Å². The molecule has 0 bridgehead atoms. The molecule has 2 atom stereocenters. The third-order valence-corrected chi connectivity index (χ3v) is 5.89. The summed E-state index contributed by atoms with van der Waals surface area (Å²) in [6, 6.07) is 15.2. The summed E-state index contributed by atoms with van der Waals surface area (Å²) in [5, 5.41) is 2.98. The van der Waals surface area contributed by atoms with Crippen molar-refractivity contribution in [1.29, 1.82) is 0 Å². The van der Waals surface area contributed by atoms with Crippen molar-refractivity contribution in [3.05, 3.63) is 59.1 Å². The van der Waals surface area contributed by atoms with E-state index in [0.717, 1.165) is 10.5 Å². The van der Waals surface area contributed by atoms with Gasteiger partial charge in [-0.15, -0.1) is 11.8 Å². The van der Waals surface area contributed by atoms with Crippen molar-refractivity contribution in [2.45, 2.75) is 29.5 Å². The summed E-state index contributed by atoms with van der Waals surface area (Å²) in [5.41, 5.74) is 1.77. The molecule has 3 rings (SSSR count). The van der Waals surface area contributed by atoms with Gasteiger partial charge in [-0.1, -0.05) is 41.9 Å². The lowest BCUT2D eigenvalue weighted by Gasteiger charge is -2.29. The average molecular weight is 375 g/mol. The van der Waals surface area contributed by atoms with Gasteiger partial charge in [0.15, 0.2) is 0 Å². The number of hydrogen-bond acceptors (Lipinski definition) is 3. The van der Waals surface area contributed by atoms with E-state index >= 15 is 0 Å². The third-order valence-electron chi connectivity index (χ3n) is 4.38. The van der Waals surface area contributed by atoms with Gasteiger partial charge in [-0.25, -0.2) is 0 Å². The maximum absolute atomic E-state index is 12.6. The van der Waals surface area contributed by atoms with Crippen molar-refractivity contribution in [3.63, 3.8) is 0 Å². The predicted molar refractivity (Wildman–Crippen MR) is 102 cm³/mol. The molecule has 6 heteroatoms. The molecular formula is C19H19ClN2O2S. The van der Waals surface area contributed by atoms with Crippen LogP contribution in [0.2, 0.25) is 5.02 Å². The van der Waals surface area contributed by atoms with Gasteiger partial charge >= 0.3 is 0 Å². The number of carbonyl (C=O) groups is 2. The first-order valence-electron chi connectivity index (χ1n) is 8.03. The molecule has 2 aromatic rings. The minimum absolute atomic E-state index is 0.0450. The molecule has 2 unspecified atom stereocenters. The topological polar surface area (TPSA) is 49.4 Å². The highest BCUT2D eigenvalue weighted by Crippen LogP contribution is 2.38. The normalized spacial score (nSPS) is 17.4. The zero-order chi connectivity index (χ0) is 18.0. The standard InChI is InChI=1S/C19H19ClN2O2S/c1-12(13-6-4-3-5-7-13)22(2)18(23)11-17-19(24)21-15-10-14(20)8-9-16(15)25-17/h3-10,12,17H,11H2,1-2H3,(H,21,24). The van der Waals surface area contributed by atoms with Crippen molar-refractivity contribution in [3.8, 4) is 0 Å². The zero-order valence-electron chi connectivity index (χ0n) is 14.0. The van der Waals surface area contributed by atoms with Gasteiger partial charge in [-0.05, 0) is 30.7 Å². The minimum atomic E-state index is -0.438. The van der Waals surface area contributed by atoms with Crippen LogP contribution in [0, 0.1) is 0 Å². The Morgan fingerprint density at radius 2 is 2.00 bits per heavy atom. The number of halogens is 1. The number of fused-ring (bicyclic) bond motifs is 1. The summed E-state index contributed by atoms with van der Waals surface area (Å²) < 4.78 is 0. The van der Waals surface area contributed by atoms with Gasteiger partial charge in [0.25, 0.3) is 0 Å². The molecule has 2 aromatic carbocycles. The second-order valence-electron chi connectivity index (χ2n) is 6.03. The maximum atomic E-state index is 12.6. The molecule has 1 aliphatic heterocycles. The second-order valence-corrected chi connectivity index (χ2v) is 7.71. The van der Waals surface area contributed by atoms with Crippen LogP contribution in [0.25, 0.3) is 0 Å². The molecular weight excluding hydrogens is 356 g/mol. The highest BCUT2D eigenvalue weighted by Gasteiger charge is 2.31. The third kappa shape index (κ3) is 3.99. The largest absolute Gasteiger partial charge is 0.339 e. The van der Waals surface area contributed by atoms with Crippen LogP contribution in [0.15, 0.2) is 53.4 Å². The van der Waals surface area contributed by atoms with E-state index in [1.54, 1.807) is 24.1 Å². The summed E-state index contributed by atoms with van der Waals surface area (Å²) in [5.74, 6) is -0.213. The smallest absolute Gasteiger partial charge is 0.238 e. The summed E-state index contributed by atoms with van der Waals surface area (Å²) in [4.78, 5) is 27.6. The van der Waals surface area contributed by atoms with E-state index in [1.165, 1.54) is 11.8 Å². The van der Waals surface area contributed by atoms with Gasteiger partial charge in [0.05, 0.1) is 17.0 Å². The summed E-state index contributed by atoms with van der Waals surface area (Å²) in [6.45, 7) is 1.98. The number of benzene rings is 2. The van der Waals surface area contributed by atoms with Crippen LogP contribution in [0.1, 0.15) is 24.9 Å². The minimum Gasteiger partial charge on any atom is -0.339 e. The highest BCUT2D eigenvalue weighted by molar-refractivity contribution is 8.01. The van der Waals surface area contributed by atoms with E-state index in [4.69, 9.17) is 11.6 Å². The molecule has 1 heterocycles. The van der Waals surface area contributed by atoms with Crippen LogP contribution >= 0.6 is 23.4 Å². The van der Waals surface area contributed by atoms with Crippen LogP contribution in [-0.2, 0) is 9.59 Å². The maximum Gasteiger partial charge on any atom is 0.238 e. The Labute approximate surface area is 156 Å². The number of anilines is 1. The lowest BCUT2D eigenvalue weighted by Crippen LogP contribution is -2.36. The van der Waals surface area contributed by atoms with E-state index < -0.39 is 5.25 Å². The number of nitrogens with one attached hydrogen (secondary N) is 1. The van der Waals surface area contributed by atoms with Crippen molar-refractivity contribution < 1.29 is 9.59 Å². The number of amides is 2. The van der Waals surface area contributed by atoms with Crippen LogP contribution < -0.4 is 5.32 Å². The van der Waals surface area contributed by atoms with E-state index in [-0.39, 0.29) is 24.3 Å². The highest BCUT2D eigenvalue weighted by atomic mass is 35.5. The van der Waals surface area contributed by atoms with Crippen molar-refractivity contribution in [2.24, 2.45) is 0 Å². The number of thioether (sulfide) groups is 1. The van der Waals surface area contributed by atoms with Gasteiger partial charge in [0.1, 0.15) is 0 Å². The number of carbonyl (C=O) groups excluding carboxylic acids is 2. The second kappa shape index (κ2) is 7.50. The molecule has 2 amide bonds. The molecule has 0 aromatic heterocycles. The molecule has 0 aliphatic carbocycles. The molecule has 4 nitrogen and oxygen atoms in total. The van der Waals surface area contributed by atoms with Gasteiger partial charge in [0, 0.05) is 23.4 Å². The first kappa shape index (κ1) is 17.8. The fourth-order valence-electron chi connectivity index (χ4n) is 2.73. The summed E-state index contributed by atoms with van der Waals surface area (Å²) in [7, 11) is 1.78. The SMILES string of the molecule is CC(c1ccccc1)N(C)C(=O)CC1Sc2ccc(Cl)cc2NC1=O. The molecule has 130 valence electrons. The Morgan fingerprint density at radius 1 is 1.28 bits per heavy atom. The van der Waals surface area contributed by atoms with Crippen LogP contribution in [0.4, 0.5) is 5.69 Å². The van der Waals surface area contributed by atoms with E-state index in [9.17, 15) is 9.59 Å². The number of hydrogen-bond donors (Lipinski definition) is 1. The molecule has 0 fully saturated rings. The number of rotatable bonds is 4. The Balaban J connectivity index is 1.68. The summed E-state index contributed by atoms with van der Waals surface area (Å²) in [6.07, 6.45) is 0.159. The Bertz CT molecular complexity index is 797. The van der Waals surface area contributed by atoms with Gasteiger partial charge in [-0.2, -0.15) is 0 Å². The monoisotopic (exact) mass is 374 g/mol. The lowest BCUT2D eigenvalue weighted by molar-refractivity contribution is -0.133. The lowest BCUT2D eigenvalue weighted by atomic mass is 10.1. The zero-order valence-corrected chi connectivity index (χ0v) is 15.6. The fourth-order valence-corrected chi connectivity index (χ4v) is 3.98. The van der Waals surface area contributed by atoms with Gasteiger partial charge in [-0.3, -0.25) is 9.59 Å². The number of nitrogens with zero attached hydrogens (tertiary/aromatic N) is 1. The molecule has 0 saturated carbocycles. The Morgan fingerprint density at radius 3 is 2.72 bits per heavy atom. The van der Waals surface area contributed by atoms with Crippen molar-refractivity contribution in [2.75, 3.05) is 12.4 Å². The van der Waals surface area contributed by atoms with E-state index in [2.05, 4.69) is 5.32 Å². The molecule has 0 radical (unpaired) electrons. The van der Waals surface area contributed by atoms with Crippen molar-refractivity contribution >= 4 is 40.9 Å². The summed E-state index contributed by atoms with van der Waals surface area (Å²) >= 11 is 7.37. The molecule has 25 heavy (non-hydrogen) atoms. The molecule has 1 aliphatic rings. The average Bonchev–Trinajstić information content (AvgIpc) is 2.62. The quantitative estimate of drug-likeness (QED) is 0.864. The predicted octanol–water partition coefficient (Wildman–Crippen LogP) is 4.36. The molecule has 0 saturated heterocycles. The first-order valence-corrected chi connectivity index (χ1v) is 9.29. The van der Waals surface area contributed by atoms with Crippen LogP contribution in [-0.4, -0.2) is 29.0 Å². The van der Waals surface area contributed by atoms with Gasteiger partial charge in [0.2, 0.25) is 11.8 Å². The van der Waals surface area contributed by atoms with E-state index in [0.29, 0.717) is 10.7 Å². The fraction of sp³-hybridized carbons (Fsp3) is 0.263. The van der Waals surface area contributed by atoms with Crippen LogP contribution in [0.5, 0.6) is 0 Å². The molecule has 1 N–H and O–H groups in total. The Kier molecular flexibility index (Phi) is 5.35.